The van der Waals surface area contributed by atoms with Crippen LogP contribution in [-0.4, -0.2) is 29.8 Å². The Bertz CT molecular complexity index is 215. The maximum absolute atomic E-state index is 11.9. The number of nitrogens with zero attached hydrogens (tertiary/aromatic N) is 1. The first-order valence-corrected chi connectivity index (χ1v) is 6.95. The molecule has 0 amide bonds. The van der Waals surface area contributed by atoms with Crippen molar-refractivity contribution in [2.75, 3.05) is 13.1 Å². The zero-order chi connectivity index (χ0) is 12.0. The minimum Gasteiger partial charge on any atom is -0.300 e. The lowest BCUT2D eigenvalue weighted by atomic mass is 9.97. The highest BCUT2D eigenvalue weighted by Gasteiger charge is 2.24. The van der Waals surface area contributed by atoms with Crippen LogP contribution in [0.15, 0.2) is 0 Å². The van der Waals surface area contributed by atoms with Gasteiger partial charge in [0.15, 0.2) is 0 Å². The quantitative estimate of drug-likeness (QED) is 0.669. The van der Waals surface area contributed by atoms with E-state index in [9.17, 15) is 4.79 Å². The molecule has 2 heteroatoms. The zero-order valence-corrected chi connectivity index (χ0v) is 11.2. The van der Waals surface area contributed by atoms with Crippen molar-refractivity contribution < 1.29 is 4.79 Å². The number of Topliss-reactive ketones (excluding diaryl/α,β-unsaturated/α-hetero) is 1. The van der Waals surface area contributed by atoms with Gasteiger partial charge in [-0.1, -0.05) is 26.7 Å². The lowest BCUT2D eigenvalue weighted by molar-refractivity contribution is -0.123. The van der Waals surface area contributed by atoms with Gasteiger partial charge in [0.25, 0.3) is 0 Å². The van der Waals surface area contributed by atoms with Gasteiger partial charge >= 0.3 is 0 Å². The van der Waals surface area contributed by atoms with Crippen molar-refractivity contribution in [1.29, 1.82) is 0 Å². The van der Waals surface area contributed by atoms with Crippen LogP contribution in [-0.2, 0) is 4.79 Å². The van der Waals surface area contributed by atoms with Gasteiger partial charge in [-0.3, -0.25) is 4.79 Å². The minimum absolute atomic E-state index is 0.316. The Morgan fingerprint density at radius 1 is 1.31 bits per heavy atom. The molecule has 0 saturated heterocycles. The van der Waals surface area contributed by atoms with Crippen molar-refractivity contribution in [2.45, 2.75) is 65.3 Å². The summed E-state index contributed by atoms with van der Waals surface area (Å²) in [5.41, 5.74) is 0. The van der Waals surface area contributed by atoms with E-state index < -0.39 is 0 Å². The molecule has 0 aromatic carbocycles. The largest absolute Gasteiger partial charge is 0.300 e. The monoisotopic (exact) mass is 225 g/mol. The Morgan fingerprint density at radius 2 is 2.06 bits per heavy atom. The molecule has 2 nitrogen and oxygen atoms in total. The molecule has 2 unspecified atom stereocenters. The Balaban J connectivity index is 2.51. The van der Waals surface area contributed by atoms with E-state index in [2.05, 4.69) is 25.7 Å². The molecule has 1 saturated carbocycles. The van der Waals surface area contributed by atoms with Gasteiger partial charge < -0.3 is 4.90 Å². The van der Waals surface area contributed by atoms with E-state index in [0.717, 1.165) is 32.4 Å². The molecular weight excluding hydrogens is 198 g/mol. The second-order valence-electron chi connectivity index (χ2n) is 5.11. The molecule has 1 aliphatic carbocycles. The van der Waals surface area contributed by atoms with Gasteiger partial charge in [0.1, 0.15) is 5.78 Å². The first-order valence-electron chi connectivity index (χ1n) is 6.95. The Morgan fingerprint density at radius 3 is 2.69 bits per heavy atom. The van der Waals surface area contributed by atoms with Crippen molar-refractivity contribution in [1.82, 2.24) is 4.90 Å². The number of ketones is 1. The molecule has 0 aliphatic heterocycles. The summed E-state index contributed by atoms with van der Waals surface area (Å²) in [5, 5.41) is 0. The molecule has 1 aliphatic rings. The smallest absolute Gasteiger partial charge is 0.137 e. The molecule has 0 radical (unpaired) electrons. The van der Waals surface area contributed by atoms with E-state index in [4.69, 9.17) is 0 Å². The summed E-state index contributed by atoms with van der Waals surface area (Å²) < 4.78 is 0. The third kappa shape index (κ3) is 3.89. The summed E-state index contributed by atoms with van der Waals surface area (Å²) >= 11 is 0. The van der Waals surface area contributed by atoms with Crippen LogP contribution in [0.25, 0.3) is 0 Å². The summed E-state index contributed by atoms with van der Waals surface area (Å²) in [5.74, 6) is 0.829. The highest BCUT2D eigenvalue weighted by atomic mass is 16.1. The van der Waals surface area contributed by atoms with E-state index in [1.807, 2.05) is 0 Å². The number of carbonyl (C=O) groups is 1. The number of hydrogen-bond acceptors (Lipinski definition) is 2. The molecule has 1 fully saturated rings. The molecule has 16 heavy (non-hydrogen) atoms. The second-order valence-corrected chi connectivity index (χ2v) is 5.11. The standard InChI is InChI=1S/C14H27NO/c1-4-12(3)15(5-2)11-13-9-7-6-8-10-14(13)16/h12-13H,4-11H2,1-3H3. The summed E-state index contributed by atoms with van der Waals surface area (Å²) in [6, 6.07) is 0.612. The van der Waals surface area contributed by atoms with Gasteiger partial charge in [0.05, 0.1) is 0 Å². The van der Waals surface area contributed by atoms with Crippen molar-refractivity contribution in [3.8, 4) is 0 Å². The van der Waals surface area contributed by atoms with Gasteiger partial charge in [0.2, 0.25) is 0 Å². The average Bonchev–Trinajstić information content (AvgIpc) is 2.50. The average molecular weight is 225 g/mol. The summed E-state index contributed by atoms with van der Waals surface area (Å²) in [6.07, 6.45) is 6.72. The van der Waals surface area contributed by atoms with E-state index in [-0.39, 0.29) is 0 Å². The fourth-order valence-electron chi connectivity index (χ4n) is 2.59. The second kappa shape index (κ2) is 7.05. The van der Waals surface area contributed by atoms with Crippen molar-refractivity contribution in [3.63, 3.8) is 0 Å². The molecule has 1 rings (SSSR count). The van der Waals surface area contributed by atoms with Crippen LogP contribution >= 0.6 is 0 Å². The van der Waals surface area contributed by atoms with Gasteiger partial charge in [-0.25, -0.2) is 0 Å². The van der Waals surface area contributed by atoms with Gasteiger partial charge in [-0.05, 0) is 32.7 Å². The first-order chi connectivity index (χ1) is 7.69. The van der Waals surface area contributed by atoms with Crippen LogP contribution in [0.2, 0.25) is 0 Å². The van der Waals surface area contributed by atoms with Crippen LogP contribution in [0.3, 0.4) is 0 Å². The minimum atomic E-state index is 0.316. The SMILES string of the molecule is CCC(C)N(CC)CC1CCCCCC1=O. The molecule has 0 spiro atoms. The van der Waals surface area contributed by atoms with E-state index in [0.29, 0.717) is 17.7 Å². The Hall–Kier alpha value is -0.370. The van der Waals surface area contributed by atoms with Crippen LogP contribution in [0.4, 0.5) is 0 Å². The molecule has 0 aromatic rings. The molecule has 94 valence electrons. The summed E-state index contributed by atoms with van der Waals surface area (Å²) in [6.45, 7) is 8.75. The molecule has 2 atom stereocenters. The zero-order valence-electron chi connectivity index (χ0n) is 11.2. The van der Waals surface area contributed by atoms with Crippen molar-refractivity contribution in [2.24, 2.45) is 5.92 Å². The van der Waals surface area contributed by atoms with Gasteiger partial charge in [0, 0.05) is 24.9 Å². The van der Waals surface area contributed by atoms with E-state index in [1.165, 1.54) is 19.3 Å². The molecule has 0 bridgehead atoms. The molecular formula is C14H27NO. The fraction of sp³-hybridized carbons (Fsp3) is 0.929. The third-order valence-corrected chi connectivity index (χ3v) is 4.01. The first kappa shape index (κ1) is 13.7. The maximum atomic E-state index is 11.9. The lowest BCUT2D eigenvalue weighted by Crippen LogP contribution is -2.38. The lowest BCUT2D eigenvalue weighted by Gasteiger charge is -2.30. The highest BCUT2D eigenvalue weighted by Crippen LogP contribution is 2.21. The summed E-state index contributed by atoms with van der Waals surface area (Å²) in [7, 11) is 0. The molecule has 0 N–H and O–H groups in total. The van der Waals surface area contributed by atoms with Crippen LogP contribution < -0.4 is 0 Å². The number of carbonyl (C=O) groups excluding carboxylic acids is 1. The van der Waals surface area contributed by atoms with Crippen LogP contribution in [0.5, 0.6) is 0 Å². The van der Waals surface area contributed by atoms with E-state index >= 15 is 0 Å². The summed E-state index contributed by atoms with van der Waals surface area (Å²) in [4.78, 5) is 14.4. The van der Waals surface area contributed by atoms with Crippen molar-refractivity contribution in [3.05, 3.63) is 0 Å². The normalized spacial score (nSPS) is 24.5. The van der Waals surface area contributed by atoms with Crippen molar-refractivity contribution >= 4 is 5.78 Å². The maximum Gasteiger partial charge on any atom is 0.137 e. The van der Waals surface area contributed by atoms with Gasteiger partial charge in [-0.15, -0.1) is 0 Å². The fourth-order valence-corrected chi connectivity index (χ4v) is 2.59. The third-order valence-electron chi connectivity index (χ3n) is 4.01. The van der Waals surface area contributed by atoms with Gasteiger partial charge in [-0.2, -0.15) is 0 Å². The topological polar surface area (TPSA) is 20.3 Å². The Labute approximate surface area is 100 Å². The highest BCUT2D eigenvalue weighted by molar-refractivity contribution is 5.81. The molecule has 0 heterocycles. The number of hydrogen-bond donors (Lipinski definition) is 0. The Kier molecular flexibility index (Phi) is 6.04. The predicted octanol–water partition coefficient (Wildman–Crippen LogP) is 3.26. The van der Waals surface area contributed by atoms with E-state index in [1.54, 1.807) is 0 Å². The van der Waals surface area contributed by atoms with Crippen LogP contribution in [0, 0.1) is 5.92 Å². The predicted molar refractivity (Wildman–Crippen MR) is 68.6 cm³/mol. The molecule has 0 aromatic heterocycles. The number of rotatable bonds is 5. The van der Waals surface area contributed by atoms with Crippen LogP contribution in [0.1, 0.15) is 59.3 Å².